The molecular weight excluding hydrogens is 170 g/mol. The monoisotopic (exact) mass is 183 g/mol. The number of aromatic nitrogens is 2. The van der Waals surface area contributed by atoms with Gasteiger partial charge in [-0.3, -0.25) is 9.97 Å². The first-order valence-electron chi connectivity index (χ1n) is 3.80. The van der Waals surface area contributed by atoms with E-state index in [1.54, 1.807) is 24.2 Å². The Bertz CT molecular complexity index is 248. The quantitative estimate of drug-likeness (QED) is 0.763. The van der Waals surface area contributed by atoms with Crippen LogP contribution in [0.25, 0.3) is 0 Å². The van der Waals surface area contributed by atoms with E-state index in [0.717, 1.165) is 11.4 Å². The average molecular weight is 183 g/mol. The Morgan fingerprint density at radius 1 is 1.50 bits per heavy atom. The van der Waals surface area contributed by atoms with Gasteiger partial charge in [-0.2, -0.15) is 11.8 Å². The fraction of sp³-hybridized carbons (Fsp3) is 0.500. The molecular formula is C8H13N3S. The second kappa shape index (κ2) is 4.42. The van der Waals surface area contributed by atoms with Gasteiger partial charge in [-0.15, -0.1) is 0 Å². The first-order chi connectivity index (χ1) is 5.79. The van der Waals surface area contributed by atoms with Crippen molar-refractivity contribution in [2.24, 2.45) is 5.73 Å². The van der Waals surface area contributed by atoms with Crippen LogP contribution in [-0.4, -0.2) is 22.8 Å². The molecule has 0 saturated carbocycles. The predicted molar refractivity (Wildman–Crippen MR) is 52.1 cm³/mol. The number of hydrogen-bond acceptors (Lipinski definition) is 4. The van der Waals surface area contributed by atoms with Crippen molar-refractivity contribution in [1.29, 1.82) is 0 Å². The summed E-state index contributed by atoms with van der Waals surface area (Å²) < 4.78 is 0. The Morgan fingerprint density at radius 3 is 2.67 bits per heavy atom. The molecule has 1 aromatic rings. The van der Waals surface area contributed by atoms with Crippen molar-refractivity contribution in [3.05, 3.63) is 23.8 Å². The number of thioether (sulfide) groups is 1. The van der Waals surface area contributed by atoms with E-state index >= 15 is 0 Å². The molecule has 1 atom stereocenters. The zero-order valence-electron chi connectivity index (χ0n) is 7.32. The van der Waals surface area contributed by atoms with Crippen molar-refractivity contribution in [2.75, 3.05) is 12.8 Å². The summed E-state index contributed by atoms with van der Waals surface area (Å²) in [4.78, 5) is 8.42. The van der Waals surface area contributed by atoms with Crippen LogP contribution in [0.4, 0.5) is 0 Å². The maximum Gasteiger partial charge on any atom is 0.0758 e. The second-order valence-corrected chi connectivity index (χ2v) is 3.53. The molecule has 2 N–H and O–H groups in total. The minimum Gasteiger partial charge on any atom is -0.329 e. The molecule has 0 aliphatic carbocycles. The van der Waals surface area contributed by atoms with Crippen LogP contribution in [0.1, 0.15) is 16.6 Å². The molecule has 1 aromatic heterocycles. The van der Waals surface area contributed by atoms with Gasteiger partial charge in [0.1, 0.15) is 0 Å². The molecule has 0 saturated heterocycles. The number of nitrogens with two attached hydrogens (primary N) is 1. The van der Waals surface area contributed by atoms with E-state index in [-0.39, 0.29) is 5.25 Å². The Balaban J connectivity index is 2.92. The summed E-state index contributed by atoms with van der Waals surface area (Å²) in [6.07, 6.45) is 5.44. The van der Waals surface area contributed by atoms with Crippen LogP contribution >= 0.6 is 11.8 Å². The summed E-state index contributed by atoms with van der Waals surface area (Å²) in [5, 5.41) is 0.277. The molecule has 0 aromatic carbocycles. The summed E-state index contributed by atoms with van der Waals surface area (Å²) >= 11 is 1.71. The van der Waals surface area contributed by atoms with Gasteiger partial charge >= 0.3 is 0 Å². The molecule has 0 amide bonds. The first kappa shape index (κ1) is 9.48. The topological polar surface area (TPSA) is 51.8 Å². The van der Waals surface area contributed by atoms with Gasteiger partial charge in [-0.1, -0.05) is 0 Å². The molecule has 0 aliphatic rings. The minimum atomic E-state index is 0.277. The Morgan fingerprint density at radius 2 is 2.17 bits per heavy atom. The maximum atomic E-state index is 5.60. The van der Waals surface area contributed by atoms with Gasteiger partial charge in [0, 0.05) is 18.9 Å². The molecule has 1 rings (SSSR count). The van der Waals surface area contributed by atoms with E-state index in [1.807, 2.05) is 13.2 Å². The van der Waals surface area contributed by atoms with Gasteiger partial charge in [-0.25, -0.2) is 0 Å². The van der Waals surface area contributed by atoms with Crippen molar-refractivity contribution in [3.8, 4) is 0 Å². The Labute approximate surface area is 76.8 Å². The molecule has 0 aliphatic heterocycles. The number of nitrogens with zero attached hydrogens (tertiary/aromatic N) is 2. The predicted octanol–water partition coefficient (Wildman–Crippen LogP) is 1.15. The van der Waals surface area contributed by atoms with E-state index in [4.69, 9.17) is 5.73 Å². The molecule has 0 fully saturated rings. The third kappa shape index (κ3) is 1.95. The van der Waals surface area contributed by atoms with Crippen molar-refractivity contribution in [1.82, 2.24) is 9.97 Å². The zero-order valence-corrected chi connectivity index (χ0v) is 8.14. The third-order valence-electron chi connectivity index (χ3n) is 1.72. The molecule has 4 heteroatoms. The smallest absolute Gasteiger partial charge is 0.0758 e. The van der Waals surface area contributed by atoms with Gasteiger partial charge in [-0.05, 0) is 13.2 Å². The largest absolute Gasteiger partial charge is 0.329 e. The molecule has 1 heterocycles. The van der Waals surface area contributed by atoms with Gasteiger partial charge in [0.05, 0.1) is 16.6 Å². The highest BCUT2D eigenvalue weighted by Gasteiger charge is 2.11. The standard InChI is InChI=1S/C8H13N3S/c1-6-8(7(5-9)12-2)11-4-3-10-6/h3-4,7H,5,9H2,1-2H3. The molecule has 1 unspecified atom stereocenters. The highest BCUT2D eigenvalue weighted by Crippen LogP contribution is 2.24. The summed E-state index contributed by atoms with van der Waals surface area (Å²) in [5.74, 6) is 0. The third-order valence-corrected chi connectivity index (χ3v) is 2.71. The van der Waals surface area contributed by atoms with Crippen LogP contribution in [0.3, 0.4) is 0 Å². The minimum absolute atomic E-state index is 0.277. The molecule has 0 spiro atoms. The lowest BCUT2D eigenvalue weighted by atomic mass is 10.2. The van der Waals surface area contributed by atoms with Crippen molar-refractivity contribution in [3.63, 3.8) is 0 Å². The molecule has 66 valence electrons. The van der Waals surface area contributed by atoms with E-state index < -0.39 is 0 Å². The van der Waals surface area contributed by atoms with Crippen LogP contribution in [0.2, 0.25) is 0 Å². The van der Waals surface area contributed by atoms with E-state index in [2.05, 4.69) is 9.97 Å². The highest BCUT2D eigenvalue weighted by molar-refractivity contribution is 7.98. The lowest BCUT2D eigenvalue weighted by Gasteiger charge is -2.11. The first-order valence-corrected chi connectivity index (χ1v) is 5.08. The summed E-state index contributed by atoms with van der Waals surface area (Å²) in [5.41, 5.74) is 7.58. The maximum absolute atomic E-state index is 5.60. The van der Waals surface area contributed by atoms with Gasteiger partial charge in [0.2, 0.25) is 0 Å². The van der Waals surface area contributed by atoms with Gasteiger partial charge < -0.3 is 5.73 Å². The molecule has 0 bridgehead atoms. The number of hydrogen-bond donors (Lipinski definition) is 1. The number of aryl methyl sites for hydroxylation is 1. The number of rotatable bonds is 3. The van der Waals surface area contributed by atoms with Gasteiger partial charge in [0.15, 0.2) is 0 Å². The fourth-order valence-corrected chi connectivity index (χ4v) is 1.70. The van der Waals surface area contributed by atoms with Crippen LogP contribution < -0.4 is 5.73 Å². The van der Waals surface area contributed by atoms with Crippen molar-refractivity contribution < 1.29 is 0 Å². The van der Waals surface area contributed by atoms with Crippen molar-refractivity contribution >= 4 is 11.8 Å². The second-order valence-electron chi connectivity index (χ2n) is 2.49. The summed E-state index contributed by atoms with van der Waals surface area (Å²) in [7, 11) is 0. The fourth-order valence-electron chi connectivity index (χ4n) is 1.05. The zero-order chi connectivity index (χ0) is 8.97. The molecule has 3 nitrogen and oxygen atoms in total. The highest BCUT2D eigenvalue weighted by atomic mass is 32.2. The summed E-state index contributed by atoms with van der Waals surface area (Å²) in [6.45, 7) is 2.57. The lowest BCUT2D eigenvalue weighted by molar-refractivity contribution is 0.867. The van der Waals surface area contributed by atoms with E-state index in [9.17, 15) is 0 Å². The van der Waals surface area contributed by atoms with E-state index in [1.165, 1.54) is 0 Å². The molecule has 12 heavy (non-hydrogen) atoms. The molecule has 0 radical (unpaired) electrons. The van der Waals surface area contributed by atoms with Crippen LogP contribution in [0.5, 0.6) is 0 Å². The SMILES string of the molecule is CSC(CN)c1nccnc1C. The normalized spacial score (nSPS) is 12.9. The van der Waals surface area contributed by atoms with Crippen molar-refractivity contribution in [2.45, 2.75) is 12.2 Å². The summed E-state index contributed by atoms with van der Waals surface area (Å²) in [6, 6.07) is 0. The van der Waals surface area contributed by atoms with E-state index in [0.29, 0.717) is 6.54 Å². The van der Waals surface area contributed by atoms with Crippen LogP contribution in [-0.2, 0) is 0 Å². The Hall–Kier alpha value is -0.610. The average Bonchev–Trinajstić information content (AvgIpc) is 2.10. The lowest BCUT2D eigenvalue weighted by Crippen LogP contribution is -2.12. The van der Waals surface area contributed by atoms with Crippen LogP contribution in [0, 0.1) is 6.92 Å². The Kier molecular flexibility index (Phi) is 3.49. The van der Waals surface area contributed by atoms with Crippen LogP contribution in [0.15, 0.2) is 12.4 Å². The van der Waals surface area contributed by atoms with Gasteiger partial charge in [0.25, 0.3) is 0 Å².